The van der Waals surface area contributed by atoms with Gasteiger partial charge in [-0.2, -0.15) is 0 Å². The number of piperazine rings is 1. The third kappa shape index (κ3) is 6.14. The number of nitrogens with zero attached hydrogens (tertiary/aromatic N) is 4. The Labute approximate surface area is 182 Å². The molecule has 2 saturated heterocycles. The maximum absolute atomic E-state index is 12.9. The van der Waals surface area contributed by atoms with Gasteiger partial charge in [0, 0.05) is 71.2 Å². The molecule has 0 unspecified atom stereocenters. The fourth-order valence-corrected chi connectivity index (χ4v) is 4.02. The molecule has 2 amide bonds. The molecule has 10 heteroatoms. The first-order valence-electron chi connectivity index (χ1n) is 10.8. The van der Waals surface area contributed by atoms with Crippen LogP contribution in [0, 0.1) is 10.1 Å². The number of methoxy groups -OCH3 is 1. The van der Waals surface area contributed by atoms with Gasteiger partial charge in [0.25, 0.3) is 11.6 Å². The van der Waals surface area contributed by atoms with Crippen molar-refractivity contribution >= 4 is 23.2 Å². The molecule has 1 aromatic rings. The van der Waals surface area contributed by atoms with Gasteiger partial charge in [0.1, 0.15) is 5.69 Å². The van der Waals surface area contributed by atoms with E-state index in [9.17, 15) is 19.7 Å². The van der Waals surface area contributed by atoms with Crippen molar-refractivity contribution in [3.05, 3.63) is 33.9 Å². The van der Waals surface area contributed by atoms with Crippen molar-refractivity contribution in [2.45, 2.75) is 19.3 Å². The lowest BCUT2D eigenvalue weighted by atomic mass is 10.1. The van der Waals surface area contributed by atoms with Crippen molar-refractivity contribution in [1.29, 1.82) is 0 Å². The molecule has 0 aliphatic carbocycles. The van der Waals surface area contributed by atoms with Crippen LogP contribution in [0.4, 0.5) is 11.4 Å². The number of rotatable bonds is 9. The van der Waals surface area contributed by atoms with Crippen molar-refractivity contribution in [1.82, 2.24) is 15.1 Å². The number of hydrogen-bond acceptors (Lipinski definition) is 7. The Morgan fingerprint density at radius 3 is 2.48 bits per heavy atom. The highest BCUT2D eigenvalue weighted by Crippen LogP contribution is 2.32. The zero-order valence-corrected chi connectivity index (χ0v) is 18.0. The van der Waals surface area contributed by atoms with Crippen molar-refractivity contribution in [3.63, 3.8) is 0 Å². The molecule has 3 rings (SSSR count). The van der Waals surface area contributed by atoms with Gasteiger partial charge >= 0.3 is 0 Å². The molecule has 0 radical (unpaired) electrons. The average Bonchev–Trinajstić information content (AvgIpc) is 3.31. The van der Waals surface area contributed by atoms with Gasteiger partial charge in [-0.05, 0) is 31.4 Å². The monoisotopic (exact) mass is 433 g/mol. The molecular weight excluding hydrogens is 402 g/mol. The summed E-state index contributed by atoms with van der Waals surface area (Å²) in [5, 5.41) is 14.4. The van der Waals surface area contributed by atoms with E-state index in [1.807, 2.05) is 9.80 Å². The Bertz CT molecular complexity index is 788. The smallest absolute Gasteiger partial charge is 0.293 e. The largest absolute Gasteiger partial charge is 0.385 e. The van der Waals surface area contributed by atoms with Crippen LogP contribution >= 0.6 is 0 Å². The van der Waals surface area contributed by atoms with Crippen LogP contribution in [-0.2, 0) is 9.53 Å². The molecule has 0 spiro atoms. The molecule has 2 aliphatic rings. The quantitative estimate of drug-likeness (QED) is 0.353. The number of nitro benzene ring substituents is 1. The van der Waals surface area contributed by atoms with Crippen LogP contribution in [0.25, 0.3) is 0 Å². The van der Waals surface area contributed by atoms with Gasteiger partial charge in [-0.25, -0.2) is 0 Å². The Kier molecular flexibility index (Phi) is 8.19. The van der Waals surface area contributed by atoms with E-state index in [2.05, 4.69) is 5.32 Å². The predicted molar refractivity (Wildman–Crippen MR) is 116 cm³/mol. The van der Waals surface area contributed by atoms with Crippen LogP contribution in [0.2, 0.25) is 0 Å². The van der Waals surface area contributed by atoms with Crippen molar-refractivity contribution in [2.24, 2.45) is 0 Å². The number of anilines is 1. The van der Waals surface area contributed by atoms with Crippen molar-refractivity contribution in [3.8, 4) is 0 Å². The molecule has 2 heterocycles. The molecule has 0 aromatic heterocycles. The molecule has 10 nitrogen and oxygen atoms in total. The van der Waals surface area contributed by atoms with Gasteiger partial charge in [0.2, 0.25) is 5.91 Å². The molecule has 2 aliphatic heterocycles. The fourth-order valence-electron chi connectivity index (χ4n) is 4.02. The van der Waals surface area contributed by atoms with E-state index >= 15 is 0 Å². The molecule has 1 aromatic carbocycles. The number of hydrogen-bond donors (Lipinski definition) is 1. The zero-order chi connectivity index (χ0) is 22.2. The summed E-state index contributed by atoms with van der Waals surface area (Å²) in [5.41, 5.74) is 0.899. The summed E-state index contributed by atoms with van der Waals surface area (Å²) < 4.78 is 4.96. The van der Waals surface area contributed by atoms with E-state index in [0.29, 0.717) is 57.1 Å². The molecular formula is C21H31N5O5. The third-order valence-electron chi connectivity index (χ3n) is 5.74. The van der Waals surface area contributed by atoms with Gasteiger partial charge in [-0.15, -0.1) is 0 Å². The summed E-state index contributed by atoms with van der Waals surface area (Å²) in [7, 11) is 1.63. The van der Waals surface area contributed by atoms with Gasteiger partial charge in [0.05, 0.1) is 11.5 Å². The van der Waals surface area contributed by atoms with Gasteiger partial charge in [-0.3, -0.25) is 24.6 Å². The van der Waals surface area contributed by atoms with Crippen LogP contribution in [-0.4, -0.2) is 92.6 Å². The zero-order valence-electron chi connectivity index (χ0n) is 18.0. The highest BCUT2D eigenvalue weighted by molar-refractivity contribution is 5.96. The SMILES string of the molecule is COCCCNC(=O)CN1CCN(C(=O)c2ccc(N3CCCC3)c([N+](=O)[O-])c2)CC1. The molecule has 0 bridgehead atoms. The third-order valence-corrected chi connectivity index (χ3v) is 5.74. The number of carbonyl (C=O) groups excluding carboxylic acids is 2. The van der Waals surface area contributed by atoms with Crippen LogP contribution in [0.1, 0.15) is 29.6 Å². The standard InChI is InChI=1S/C21H31N5O5/c1-31-14-4-7-22-20(27)16-23-10-12-25(13-11-23)21(28)17-5-6-18(19(15-17)26(29)30)24-8-2-3-9-24/h5-6,15H,2-4,7-14,16H2,1H3,(H,22,27). The van der Waals surface area contributed by atoms with Crippen LogP contribution in [0.3, 0.4) is 0 Å². The number of carbonyl (C=O) groups is 2. The number of amides is 2. The van der Waals surface area contributed by atoms with E-state index in [0.717, 1.165) is 32.4 Å². The molecule has 0 atom stereocenters. The number of nitrogens with one attached hydrogen (secondary N) is 1. The molecule has 0 saturated carbocycles. The van der Waals surface area contributed by atoms with Gasteiger partial charge in [0.15, 0.2) is 0 Å². The van der Waals surface area contributed by atoms with E-state index in [-0.39, 0.29) is 17.5 Å². The van der Waals surface area contributed by atoms with Gasteiger partial charge < -0.3 is 19.9 Å². The lowest BCUT2D eigenvalue weighted by Gasteiger charge is -2.34. The average molecular weight is 434 g/mol. The highest BCUT2D eigenvalue weighted by Gasteiger charge is 2.27. The summed E-state index contributed by atoms with van der Waals surface area (Å²) in [6.07, 6.45) is 2.81. The Morgan fingerprint density at radius 1 is 1.13 bits per heavy atom. The lowest BCUT2D eigenvalue weighted by molar-refractivity contribution is -0.384. The van der Waals surface area contributed by atoms with E-state index in [1.54, 1.807) is 24.1 Å². The summed E-state index contributed by atoms with van der Waals surface area (Å²) in [6.45, 7) is 5.23. The summed E-state index contributed by atoms with van der Waals surface area (Å²) >= 11 is 0. The maximum Gasteiger partial charge on any atom is 0.293 e. The van der Waals surface area contributed by atoms with E-state index in [4.69, 9.17) is 4.74 Å². The molecule has 170 valence electrons. The predicted octanol–water partition coefficient (Wildman–Crippen LogP) is 1.11. The van der Waals surface area contributed by atoms with E-state index < -0.39 is 4.92 Å². The topological polar surface area (TPSA) is 108 Å². The van der Waals surface area contributed by atoms with Gasteiger partial charge in [-0.1, -0.05) is 0 Å². The van der Waals surface area contributed by atoms with Crippen LogP contribution in [0.15, 0.2) is 18.2 Å². The second kappa shape index (κ2) is 11.1. The Hall–Kier alpha value is -2.72. The van der Waals surface area contributed by atoms with Crippen molar-refractivity contribution < 1.29 is 19.2 Å². The first-order valence-corrected chi connectivity index (χ1v) is 10.8. The highest BCUT2D eigenvalue weighted by atomic mass is 16.6. The first kappa shape index (κ1) is 23.0. The molecule has 1 N–H and O–H groups in total. The second-order valence-corrected chi connectivity index (χ2v) is 7.92. The summed E-state index contributed by atoms with van der Waals surface area (Å²) in [6, 6.07) is 4.78. The first-order chi connectivity index (χ1) is 15.0. The van der Waals surface area contributed by atoms with E-state index in [1.165, 1.54) is 6.07 Å². The lowest BCUT2D eigenvalue weighted by Crippen LogP contribution is -2.51. The fraction of sp³-hybridized carbons (Fsp3) is 0.619. The number of nitro groups is 1. The minimum atomic E-state index is -0.409. The van der Waals surface area contributed by atoms with Crippen molar-refractivity contribution in [2.75, 3.05) is 71.0 Å². The maximum atomic E-state index is 12.9. The Morgan fingerprint density at radius 2 is 1.84 bits per heavy atom. The van der Waals surface area contributed by atoms with Crippen LogP contribution < -0.4 is 10.2 Å². The minimum Gasteiger partial charge on any atom is -0.385 e. The summed E-state index contributed by atoms with van der Waals surface area (Å²) in [4.78, 5) is 41.8. The molecule has 31 heavy (non-hydrogen) atoms. The Balaban J connectivity index is 1.54. The minimum absolute atomic E-state index is 0.0171. The summed E-state index contributed by atoms with van der Waals surface area (Å²) in [5.74, 6) is -0.247. The number of ether oxygens (including phenoxy) is 1. The normalized spacial score (nSPS) is 17.1. The number of benzene rings is 1. The molecule has 2 fully saturated rings. The second-order valence-electron chi connectivity index (χ2n) is 7.92. The van der Waals surface area contributed by atoms with Crippen LogP contribution in [0.5, 0.6) is 0 Å².